The second-order valence-electron chi connectivity index (χ2n) is 5.97. The van der Waals surface area contributed by atoms with Crippen molar-refractivity contribution in [1.29, 1.82) is 0 Å². The molecular weight excluding hydrogens is 349 g/mol. The van der Waals surface area contributed by atoms with Gasteiger partial charge in [-0.15, -0.1) is 0 Å². The number of benzene rings is 2. The Bertz CT molecular complexity index is 1120. The fourth-order valence-corrected chi connectivity index (χ4v) is 3.09. The summed E-state index contributed by atoms with van der Waals surface area (Å²) in [4.78, 5) is 24.5. The van der Waals surface area contributed by atoms with Gasteiger partial charge in [-0.1, -0.05) is 60.7 Å². The summed E-state index contributed by atoms with van der Waals surface area (Å²) in [5.74, 6) is -1.44. The van der Waals surface area contributed by atoms with Gasteiger partial charge in [0.1, 0.15) is 5.69 Å². The summed E-state index contributed by atoms with van der Waals surface area (Å²) in [5, 5.41) is 11.3. The molecule has 0 radical (unpaired) electrons. The molecule has 4 aromatic rings. The SMILES string of the molecule is O=C([O-])c1ccc2cc(-c3ccccc3)c(C(=O)c3ccccc3)n2c1.[Na+]. The van der Waals surface area contributed by atoms with Crippen molar-refractivity contribution in [3.05, 3.63) is 102 Å². The van der Waals surface area contributed by atoms with E-state index in [4.69, 9.17) is 0 Å². The van der Waals surface area contributed by atoms with E-state index < -0.39 is 5.97 Å². The number of carbonyl (C=O) groups excluding carboxylic acids is 2. The fraction of sp³-hybridized carbons (Fsp3) is 0. The molecule has 126 valence electrons. The van der Waals surface area contributed by atoms with E-state index in [1.165, 1.54) is 12.3 Å². The number of pyridine rings is 1. The predicted molar refractivity (Wildman–Crippen MR) is 97.0 cm³/mol. The predicted octanol–water partition coefficient (Wildman–Crippen LogP) is 0.205. The Hall–Kier alpha value is -2.66. The molecule has 4 nitrogen and oxygen atoms in total. The average molecular weight is 363 g/mol. The molecule has 0 saturated carbocycles. The van der Waals surface area contributed by atoms with Gasteiger partial charge in [-0.25, -0.2) is 0 Å². The third-order valence-corrected chi connectivity index (χ3v) is 4.34. The Morgan fingerprint density at radius 2 is 1.41 bits per heavy atom. The van der Waals surface area contributed by atoms with Crippen molar-refractivity contribution in [2.24, 2.45) is 0 Å². The van der Waals surface area contributed by atoms with Crippen LogP contribution in [0.15, 0.2) is 85.1 Å². The molecule has 0 aliphatic rings. The van der Waals surface area contributed by atoms with Crippen LogP contribution >= 0.6 is 0 Å². The molecule has 0 aliphatic heterocycles. The third-order valence-electron chi connectivity index (χ3n) is 4.34. The summed E-state index contributed by atoms with van der Waals surface area (Å²) in [5.41, 5.74) is 3.40. The van der Waals surface area contributed by atoms with Gasteiger partial charge in [0.05, 0.1) is 5.97 Å². The third kappa shape index (κ3) is 3.60. The van der Waals surface area contributed by atoms with Gasteiger partial charge in [0, 0.05) is 28.4 Å². The normalized spacial score (nSPS) is 10.4. The smallest absolute Gasteiger partial charge is 0.545 e. The minimum Gasteiger partial charge on any atom is -0.545 e. The van der Waals surface area contributed by atoms with E-state index in [-0.39, 0.29) is 40.9 Å². The number of ketones is 1. The van der Waals surface area contributed by atoms with Crippen molar-refractivity contribution < 1.29 is 44.3 Å². The van der Waals surface area contributed by atoms with Crippen molar-refractivity contribution in [3.63, 3.8) is 0 Å². The molecule has 0 saturated heterocycles. The van der Waals surface area contributed by atoms with E-state index in [0.717, 1.165) is 16.6 Å². The van der Waals surface area contributed by atoms with Crippen molar-refractivity contribution in [1.82, 2.24) is 4.40 Å². The van der Waals surface area contributed by atoms with Crippen LogP contribution in [0.4, 0.5) is 0 Å². The van der Waals surface area contributed by atoms with Gasteiger partial charge in [0.2, 0.25) is 5.78 Å². The van der Waals surface area contributed by atoms with Crippen LogP contribution in [0.1, 0.15) is 26.4 Å². The zero-order valence-corrected chi connectivity index (χ0v) is 16.8. The van der Waals surface area contributed by atoms with E-state index in [2.05, 4.69) is 0 Å². The molecule has 5 heteroatoms. The molecule has 0 atom stereocenters. The number of aromatic carboxylic acids is 1. The molecule has 0 aliphatic carbocycles. The van der Waals surface area contributed by atoms with Gasteiger partial charge in [-0.3, -0.25) is 4.79 Å². The Morgan fingerprint density at radius 3 is 2.04 bits per heavy atom. The first kappa shape index (κ1) is 19.1. The number of carbonyl (C=O) groups is 2. The van der Waals surface area contributed by atoms with E-state index >= 15 is 0 Å². The monoisotopic (exact) mass is 363 g/mol. The first-order valence-electron chi connectivity index (χ1n) is 8.17. The number of rotatable bonds is 4. The molecule has 27 heavy (non-hydrogen) atoms. The van der Waals surface area contributed by atoms with Gasteiger partial charge in [-0.2, -0.15) is 0 Å². The van der Waals surface area contributed by atoms with Gasteiger partial charge >= 0.3 is 29.6 Å². The minimum atomic E-state index is -1.28. The number of fused-ring (bicyclic) bond motifs is 1. The molecule has 0 spiro atoms. The summed E-state index contributed by atoms with van der Waals surface area (Å²) in [7, 11) is 0. The van der Waals surface area contributed by atoms with Gasteiger partial charge in [0.25, 0.3) is 0 Å². The van der Waals surface area contributed by atoms with Gasteiger partial charge in [-0.05, 0) is 23.8 Å². The molecular formula is C22H14NNaO3. The van der Waals surface area contributed by atoms with Gasteiger partial charge in [0.15, 0.2) is 0 Å². The maximum absolute atomic E-state index is 13.2. The van der Waals surface area contributed by atoms with Crippen LogP contribution in [0.3, 0.4) is 0 Å². The number of carboxylic acid groups (broad SMARTS) is 1. The summed E-state index contributed by atoms with van der Waals surface area (Å²) >= 11 is 0. The van der Waals surface area contributed by atoms with Crippen LogP contribution in [0.5, 0.6) is 0 Å². The Morgan fingerprint density at radius 1 is 0.778 bits per heavy atom. The second kappa shape index (κ2) is 7.92. The van der Waals surface area contributed by atoms with E-state index in [0.29, 0.717) is 11.3 Å². The second-order valence-corrected chi connectivity index (χ2v) is 5.97. The van der Waals surface area contributed by atoms with Crippen LogP contribution in [-0.2, 0) is 0 Å². The van der Waals surface area contributed by atoms with Crippen molar-refractivity contribution >= 4 is 17.3 Å². The summed E-state index contributed by atoms with van der Waals surface area (Å²) in [6.07, 6.45) is 1.44. The summed E-state index contributed by atoms with van der Waals surface area (Å²) in [6, 6.07) is 23.6. The molecule has 0 bridgehead atoms. The van der Waals surface area contributed by atoms with E-state index in [9.17, 15) is 14.7 Å². The number of nitrogens with zero attached hydrogens (tertiary/aromatic N) is 1. The number of hydrogen-bond donors (Lipinski definition) is 0. The zero-order chi connectivity index (χ0) is 18.1. The zero-order valence-electron chi connectivity index (χ0n) is 14.8. The van der Waals surface area contributed by atoms with Crippen LogP contribution in [-0.4, -0.2) is 16.2 Å². The van der Waals surface area contributed by atoms with Crippen molar-refractivity contribution in [2.75, 3.05) is 0 Å². The molecule has 4 rings (SSSR count). The molecule has 0 N–H and O–H groups in total. The Kier molecular flexibility index (Phi) is 5.61. The molecule has 2 heterocycles. The summed E-state index contributed by atoms with van der Waals surface area (Å²) in [6.45, 7) is 0. The van der Waals surface area contributed by atoms with Crippen LogP contribution < -0.4 is 34.7 Å². The number of aromatic nitrogens is 1. The largest absolute Gasteiger partial charge is 1.00 e. The Labute approximate surface area is 178 Å². The molecule has 0 unspecified atom stereocenters. The van der Waals surface area contributed by atoms with E-state index in [1.807, 2.05) is 42.5 Å². The standard InChI is InChI=1S/C22H15NO3.Na/c24-21(16-9-5-2-6-10-16)20-19(15-7-3-1-4-8-15)13-18-12-11-17(22(25)26)14-23(18)20;/h1-14H,(H,25,26);/q;+1/p-1. The molecule has 2 aromatic heterocycles. The topological polar surface area (TPSA) is 61.6 Å². The van der Waals surface area contributed by atoms with Crippen LogP contribution in [0.2, 0.25) is 0 Å². The summed E-state index contributed by atoms with van der Waals surface area (Å²) < 4.78 is 1.63. The quantitative estimate of drug-likeness (QED) is 0.385. The molecule has 0 fully saturated rings. The first-order valence-corrected chi connectivity index (χ1v) is 8.17. The maximum Gasteiger partial charge on any atom is 1.00 e. The Balaban J connectivity index is 0.00000210. The van der Waals surface area contributed by atoms with Crippen molar-refractivity contribution in [2.45, 2.75) is 0 Å². The van der Waals surface area contributed by atoms with Gasteiger partial charge < -0.3 is 14.3 Å². The maximum atomic E-state index is 13.2. The van der Waals surface area contributed by atoms with Crippen LogP contribution in [0, 0.1) is 0 Å². The number of carboxylic acids is 1. The van der Waals surface area contributed by atoms with Crippen LogP contribution in [0.25, 0.3) is 16.6 Å². The van der Waals surface area contributed by atoms with E-state index in [1.54, 1.807) is 34.7 Å². The average Bonchev–Trinajstić information content (AvgIpc) is 3.07. The number of hydrogen-bond acceptors (Lipinski definition) is 3. The minimum absolute atomic E-state index is 0. The first-order chi connectivity index (χ1) is 12.6. The fourth-order valence-electron chi connectivity index (χ4n) is 3.09. The molecule has 0 amide bonds. The van der Waals surface area contributed by atoms with Crippen molar-refractivity contribution in [3.8, 4) is 11.1 Å². The molecule has 2 aromatic carbocycles.